The fourth-order valence-corrected chi connectivity index (χ4v) is 3.35. The van der Waals surface area contributed by atoms with Crippen molar-refractivity contribution in [3.8, 4) is 0 Å². The fourth-order valence-electron chi connectivity index (χ4n) is 2.13. The molecule has 1 atom stereocenters. The number of benzene rings is 1. The smallest absolute Gasteiger partial charge is 0.321 e. The highest BCUT2D eigenvalue weighted by molar-refractivity contribution is 7.89. The lowest BCUT2D eigenvalue weighted by molar-refractivity contribution is -0.139. The van der Waals surface area contributed by atoms with Crippen LogP contribution in [0.1, 0.15) is 39.2 Å². The van der Waals surface area contributed by atoms with Gasteiger partial charge in [-0.2, -0.15) is 4.72 Å². The molecule has 0 saturated carbocycles. The van der Waals surface area contributed by atoms with E-state index in [1.54, 1.807) is 12.1 Å². The van der Waals surface area contributed by atoms with Crippen molar-refractivity contribution in [2.75, 3.05) is 6.54 Å². The highest BCUT2D eigenvalue weighted by atomic mass is 32.2. The van der Waals surface area contributed by atoms with Crippen LogP contribution in [-0.4, -0.2) is 38.0 Å². The van der Waals surface area contributed by atoms with Crippen LogP contribution in [0.3, 0.4) is 0 Å². The van der Waals surface area contributed by atoms with E-state index in [4.69, 9.17) is 11.5 Å². The minimum absolute atomic E-state index is 0.0240. The van der Waals surface area contributed by atoms with E-state index in [2.05, 4.69) is 9.71 Å². The first-order valence-electron chi connectivity index (χ1n) is 7.84. The van der Waals surface area contributed by atoms with E-state index in [1.807, 2.05) is 20.8 Å². The number of hydrogen-bond acceptors (Lipinski definition) is 4. The van der Waals surface area contributed by atoms with Gasteiger partial charge < -0.3 is 16.6 Å². The second-order valence-electron chi connectivity index (χ2n) is 6.74. The summed E-state index contributed by atoms with van der Waals surface area (Å²) >= 11 is 0. The average Bonchev–Trinajstić information content (AvgIpc) is 2.49. The van der Waals surface area contributed by atoms with Gasteiger partial charge >= 0.3 is 5.97 Å². The number of carboxylic acid groups (broad SMARTS) is 1. The van der Waals surface area contributed by atoms with Crippen LogP contribution in [0.25, 0.3) is 0 Å². The number of aliphatic carboxylic acids is 1. The van der Waals surface area contributed by atoms with Crippen molar-refractivity contribution in [2.24, 2.45) is 16.5 Å². The minimum Gasteiger partial charge on any atom is -0.480 e. The number of hydrogen-bond donors (Lipinski definition) is 4. The summed E-state index contributed by atoms with van der Waals surface area (Å²) in [5.74, 6) is -1.34. The number of sulfonamides is 1. The molecule has 0 saturated heterocycles. The van der Waals surface area contributed by atoms with Crippen LogP contribution >= 0.6 is 0 Å². The molecule has 0 heterocycles. The molecule has 0 amide bonds. The Hall–Kier alpha value is -2.13. The molecule has 1 aromatic rings. The Bertz CT molecular complexity index is 717. The third kappa shape index (κ3) is 6.71. The van der Waals surface area contributed by atoms with Gasteiger partial charge in [-0.3, -0.25) is 9.79 Å². The van der Waals surface area contributed by atoms with Crippen molar-refractivity contribution in [3.63, 3.8) is 0 Å². The van der Waals surface area contributed by atoms with Gasteiger partial charge in [0.25, 0.3) is 0 Å². The minimum atomic E-state index is -3.94. The SMILES string of the molecule is CC(C)(C)c1ccc(S(=O)(=O)NC(CCCN=C(N)N)C(=O)O)cc1. The Morgan fingerprint density at radius 3 is 2.24 bits per heavy atom. The number of nitrogens with one attached hydrogen (secondary N) is 1. The lowest BCUT2D eigenvalue weighted by Gasteiger charge is -2.19. The number of carboxylic acids is 1. The molecule has 0 aromatic heterocycles. The molecule has 140 valence electrons. The zero-order valence-corrected chi connectivity index (χ0v) is 15.5. The molecule has 0 aliphatic heterocycles. The third-order valence-corrected chi connectivity index (χ3v) is 5.06. The third-order valence-electron chi connectivity index (χ3n) is 3.57. The molecule has 6 N–H and O–H groups in total. The Morgan fingerprint density at radius 2 is 1.80 bits per heavy atom. The van der Waals surface area contributed by atoms with Crippen LogP contribution < -0.4 is 16.2 Å². The molecule has 0 aliphatic carbocycles. The zero-order chi connectivity index (χ0) is 19.3. The Morgan fingerprint density at radius 1 is 1.24 bits per heavy atom. The van der Waals surface area contributed by atoms with E-state index in [9.17, 15) is 18.3 Å². The topological polar surface area (TPSA) is 148 Å². The lowest BCUT2D eigenvalue weighted by Crippen LogP contribution is -2.40. The average molecular weight is 370 g/mol. The van der Waals surface area contributed by atoms with Gasteiger partial charge in [-0.15, -0.1) is 0 Å². The fraction of sp³-hybridized carbons (Fsp3) is 0.500. The first-order valence-corrected chi connectivity index (χ1v) is 9.33. The molecule has 1 aromatic carbocycles. The van der Waals surface area contributed by atoms with Gasteiger partial charge in [-0.05, 0) is 36.0 Å². The van der Waals surface area contributed by atoms with Crippen LogP contribution in [0, 0.1) is 0 Å². The van der Waals surface area contributed by atoms with E-state index in [-0.39, 0.29) is 29.2 Å². The lowest BCUT2D eigenvalue weighted by atomic mass is 9.87. The molecule has 1 unspecified atom stereocenters. The summed E-state index contributed by atoms with van der Waals surface area (Å²) in [6.07, 6.45) is 0.408. The molecular weight excluding hydrogens is 344 g/mol. The van der Waals surface area contributed by atoms with Gasteiger partial charge in [0.05, 0.1) is 4.90 Å². The number of carbonyl (C=O) groups is 1. The largest absolute Gasteiger partial charge is 0.480 e. The number of aliphatic imine (C=N–C) groups is 1. The second-order valence-corrected chi connectivity index (χ2v) is 8.45. The van der Waals surface area contributed by atoms with Crippen molar-refractivity contribution in [1.82, 2.24) is 4.72 Å². The van der Waals surface area contributed by atoms with Gasteiger partial charge in [-0.25, -0.2) is 8.42 Å². The molecule has 0 fully saturated rings. The van der Waals surface area contributed by atoms with Crippen LogP contribution in [0.4, 0.5) is 0 Å². The maximum Gasteiger partial charge on any atom is 0.321 e. The number of nitrogens with two attached hydrogens (primary N) is 2. The summed E-state index contributed by atoms with van der Waals surface area (Å²) in [5, 5.41) is 9.23. The summed E-state index contributed by atoms with van der Waals surface area (Å²) in [4.78, 5) is 15.1. The summed E-state index contributed by atoms with van der Waals surface area (Å²) < 4.78 is 27.0. The maximum atomic E-state index is 12.4. The van der Waals surface area contributed by atoms with Crippen LogP contribution in [0.15, 0.2) is 34.2 Å². The van der Waals surface area contributed by atoms with Gasteiger partial charge in [0.15, 0.2) is 5.96 Å². The van der Waals surface area contributed by atoms with Crippen LogP contribution in [-0.2, 0) is 20.2 Å². The summed E-state index contributed by atoms with van der Waals surface area (Å²) in [7, 11) is -3.94. The Kier molecular flexibility index (Phi) is 6.95. The van der Waals surface area contributed by atoms with Crippen molar-refractivity contribution in [3.05, 3.63) is 29.8 Å². The highest BCUT2D eigenvalue weighted by Crippen LogP contribution is 2.23. The van der Waals surface area contributed by atoms with E-state index >= 15 is 0 Å². The molecule has 25 heavy (non-hydrogen) atoms. The maximum absolute atomic E-state index is 12.4. The predicted molar refractivity (Wildman–Crippen MR) is 96.8 cm³/mol. The second kappa shape index (κ2) is 8.30. The monoisotopic (exact) mass is 370 g/mol. The van der Waals surface area contributed by atoms with Crippen LogP contribution in [0.2, 0.25) is 0 Å². The summed E-state index contributed by atoms with van der Waals surface area (Å²) in [6, 6.07) is 5.15. The number of rotatable bonds is 8. The zero-order valence-electron chi connectivity index (χ0n) is 14.7. The normalized spacial score (nSPS) is 13.2. The number of nitrogens with zero attached hydrogens (tertiary/aromatic N) is 1. The standard InChI is InChI=1S/C16H26N4O4S/c1-16(2,3)11-6-8-12(9-7-11)25(23,24)20-13(14(21)22)5-4-10-19-15(17)18/h6-9,13,20H,4-5,10H2,1-3H3,(H,21,22)(H4,17,18,19). The van der Waals surface area contributed by atoms with Gasteiger partial charge in [0.2, 0.25) is 10.0 Å². The quantitative estimate of drug-likeness (QED) is 0.302. The molecule has 9 heteroatoms. The molecule has 0 aliphatic rings. The molecular formula is C16H26N4O4S. The summed E-state index contributed by atoms with van der Waals surface area (Å²) in [6.45, 7) is 6.29. The predicted octanol–water partition coefficient (Wildman–Crippen LogP) is 0.769. The molecule has 0 radical (unpaired) electrons. The van der Waals surface area contributed by atoms with E-state index in [0.29, 0.717) is 6.42 Å². The van der Waals surface area contributed by atoms with Crippen molar-refractivity contribution >= 4 is 22.0 Å². The first-order chi connectivity index (χ1) is 11.4. The Balaban J connectivity index is 2.85. The summed E-state index contributed by atoms with van der Waals surface area (Å²) in [5.41, 5.74) is 11.3. The first kappa shape index (κ1) is 20.9. The van der Waals surface area contributed by atoms with Crippen molar-refractivity contribution in [2.45, 2.75) is 50.0 Å². The van der Waals surface area contributed by atoms with E-state index < -0.39 is 22.0 Å². The number of guanidine groups is 1. The van der Waals surface area contributed by atoms with E-state index in [0.717, 1.165) is 5.56 Å². The Labute approximate surface area is 148 Å². The van der Waals surface area contributed by atoms with Gasteiger partial charge in [-0.1, -0.05) is 32.9 Å². The molecule has 8 nitrogen and oxygen atoms in total. The van der Waals surface area contributed by atoms with Gasteiger partial charge in [0.1, 0.15) is 6.04 Å². The van der Waals surface area contributed by atoms with Crippen LogP contribution in [0.5, 0.6) is 0 Å². The molecule has 0 bridgehead atoms. The van der Waals surface area contributed by atoms with Gasteiger partial charge in [0, 0.05) is 6.54 Å². The molecule has 1 rings (SSSR count). The molecule has 0 spiro atoms. The van der Waals surface area contributed by atoms with E-state index in [1.165, 1.54) is 12.1 Å². The van der Waals surface area contributed by atoms with Crippen molar-refractivity contribution in [1.29, 1.82) is 0 Å². The van der Waals surface area contributed by atoms with Crippen molar-refractivity contribution < 1.29 is 18.3 Å². The highest BCUT2D eigenvalue weighted by Gasteiger charge is 2.25.